The zero-order chi connectivity index (χ0) is 14.7. The lowest BCUT2D eigenvalue weighted by atomic mass is 10.0. The summed E-state index contributed by atoms with van der Waals surface area (Å²) < 4.78 is 23.6. The van der Waals surface area contributed by atoms with Crippen molar-refractivity contribution >= 4 is 11.6 Å². The summed E-state index contributed by atoms with van der Waals surface area (Å²) in [5.41, 5.74) is 0.869. The van der Waals surface area contributed by atoms with Gasteiger partial charge < -0.3 is 14.6 Å². The first kappa shape index (κ1) is 14.6. The molecule has 20 heavy (non-hydrogen) atoms. The predicted molar refractivity (Wildman–Crippen MR) is 75.0 cm³/mol. The summed E-state index contributed by atoms with van der Waals surface area (Å²) in [5.74, 6) is 0.335. The van der Waals surface area contributed by atoms with Gasteiger partial charge in [-0.3, -0.25) is 0 Å². The molecule has 0 fully saturated rings. The van der Waals surface area contributed by atoms with E-state index in [0.717, 1.165) is 0 Å². The van der Waals surface area contributed by atoms with Crippen molar-refractivity contribution in [2.24, 2.45) is 0 Å². The maximum Gasteiger partial charge on any atom is 0.147 e. The van der Waals surface area contributed by atoms with E-state index in [4.69, 9.17) is 21.1 Å². The van der Waals surface area contributed by atoms with Crippen LogP contribution in [0, 0.1) is 5.82 Å². The number of benzene rings is 2. The number of rotatable bonds is 4. The van der Waals surface area contributed by atoms with Crippen LogP contribution in [0.4, 0.5) is 4.39 Å². The number of hydrogen-bond donors (Lipinski definition) is 1. The van der Waals surface area contributed by atoms with Crippen molar-refractivity contribution in [3.8, 4) is 11.5 Å². The Morgan fingerprint density at radius 2 is 1.90 bits per heavy atom. The van der Waals surface area contributed by atoms with Crippen LogP contribution >= 0.6 is 11.6 Å². The molecule has 0 aliphatic rings. The van der Waals surface area contributed by atoms with E-state index in [1.54, 1.807) is 18.2 Å². The molecule has 106 valence electrons. The molecule has 0 aliphatic carbocycles. The summed E-state index contributed by atoms with van der Waals surface area (Å²) in [6.45, 7) is 0. The van der Waals surface area contributed by atoms with Crippen molar-refractivity contribution in [2.45, 2.75) is 6.10 Å². The van der Waals surface area contributed by atoms with Crippen LogP contribution in [0.5, 0.6) is 11.5 Å². The van der Waals surface area contributed by atoms with Gasteiger partial charge in [0.05, 0.1) is 14.2 Å². The molecular weight excluding hydrogens is 283 g/mol. The Morgan fingerprint density at radius 1 is 1.15 bits per heavy atom. The molecule has 1 unspecified atom stereocenters. The topological polar surface area (TPSA) is 38.7 Å². The van der Waals surface area contributed by atoms with E-state index in [-0.39, 0.29) is 5.02 Å². The minimum atomic E-state index is -1.04. The highest BCUT2D eigenvalue weighted by Gasteiger charge is 2.20. The number of aliphatic hydroxyl groups is 1. The summed E-state index contributed by atoms with van der Waals surface area (Å²) in [6.07, 6.45) is -1.04. The van der Waals surface area contributed by atoms with Crippen molar-refractivity contribution in [1.82, 2.24) is 0 Å². The van der Waals surface area contributed by atoms with E-state index in [1.165, 1.54) is 32.4 Å². The fourth-order valence-electron chi connectivity index (χ4n) is 1.99. The third-order valence-corrected chi connectivity index (χ3v) is 3.33. The maximum atomic E-state index is 13.2. The Labute approximate surface area is 121 Å². The molecule has 0 bridgehead atoms. The molecule has 0 spiro atoms. The number of methoxy groups -OCH3 is 2. The Hall–Kier alpha value is -1.78. The van der Waals surface area contributed by atoms with E-state index in [1.807, 2.05) is 0 Å². The molecule has 0 saturated heterocycles. The summed E-state index contributed by atoms with van der Waals surface area (Å²) in [7, 11) is 2.94. The van der Waals surface area contributed by atoms with E-state index < -0.39 is 11.9 Å². The van der Waals surface area contributed by atoms with Crippen molar-refractivity contribution in [2.75, 3.05) is 14.2 Å². The van der Waals surface area contributed by atoms with Gasteiger partial charge in [-0.05, 0) is 29.8 Å². The van der Waals surface area contributed by atoms with Gasteiger partial charge in [-0.25, -0.2) is 4.39 Å². The number of aliphatic hydroxyl groups excluding tert-OH is 1. The van der Waals surface area contributed by atoms with E-state index in [2.05, 4.69) is 0 Å². The van der Waals surface area contributed by atoms with E-state index in [0.29, 0.717) is 22.6 Å². The van der Waals surface area contributed by atoms with Gasteiger partial charge in [0.25, 0.3) is 0 Å². The van der Waals surface area contributed by atoms with Gasteiger partial charge in [-0.1, -0.05) is 23.7 Å². The van der Waals surface area contributed by atoms with Crippen LogP contribution in [0.2, 0.25) is 5.02 Å². The fraction of sp³-hybridized carbons (Fsp3) is 0.200. The van der Waals surface area contributed by atoms with Crippen molar-refractivity contribution < 1.29 is 19.0 Å². The Balaban J connectivity index is 2.49. The molecule has 0 aromatic heterocycles. The van der Waals surface area contributed by atoms with Crippen LogP contribution in [-0.2, 0) is 0 Å². The van der Waals surface area contributed by atoms with Gasteiger partial charge in [-0.2, -0.15) is 0 Å². The zero-order valence-corrected chi connectivity index (χ0v) is 11.8. The summed E-state index contributed by atoms with van der Waals surface area (Å²) in [4.78, 5) is 0. The van der Waals surface area contributed by atoms with Crippen LogP contribution in [0.3, 0.4) is 0 Å². The second-order valence-electron chi connectivity index (χ2n) is 4.16. The standard InChI is InChI=1S/C15H14ClFO3/c1-19-12-7-6-11(15(20-2)13(12)16)14(18)9-4-3-5-10(17)8-9/h3-8,14,18H,1-2H3. The number of halogens is 2. The molecule has 5 heteroatoms. The average Bonchev–Trinajstić information content (AvgIpc) is 2.46. The van der Waals surface area contributed by atoms with Gasteiger partial charge >= 0.3 is 0 Å². The number of ether oxygens (including phenoxy) is 2. The highest BCUT2D eigenvalue weighted by molar-refractivity contribution is 6.33. The molecule has 1 atom stereocenters. The summed E-state index contributed by atoms with van der Waals surface area (Å²) in [5, 5.41) is 10.6. The molecule has 2 aromatic carbocycles. The smallest absolute Gasteiger partial charge is 0.147 e. The lowest BCUT2D eigenvalue weighted by Gasteiger charge is -2.17. The van der Waals surface area contributed by atoms with Gasteiger partial charge in [-0.15, -0.1) is 0 Å². The largest absolute Gasteiger partial charge is 0.495 e. The van der Waals surface area contributed by atoms with Gasteiger partial charge in [0.15, 0.2) is 0 Å². The molecule has 0 heterocycles. The Bertz CT molecular complexity index is 616. The van der Waals surface area contributed by atoms with Crippen LogP contribution < -0.4 is 9.47 Å². The van der Waals surface area contributed by atoms with E-state index >= 15 is 0 Å². The highest BCUT2D eigenvalue weighted by atomic mass is 35.5. The first-order valence-corrected chi connectivity index (χ1v) is 6.30. The molecule has 3 nitrogen and oxygen atoms in total. The average molecular weight is 297 g/mol. The lowest BCUT2D eigenvalue weighted by molar-refractivity contribution is 0.214. The molecule has 0 aliphatic heterocycles. The fourth-order valence-corrected chi connectivity index (χ4v) is 2.32. The Kier molecular flexibility index (Phi) is 4.47. The second kappa shape index (κ2) is 6.11. The third kappa shape index (κ3) is 2.71. The molecule has 2 rings (SSSR count). The minimum Gasteiger partial charge on any atom is -0.495 e. The van der Waals surface area contributed by atoms with Crippen LogP contribution in [0.1, 0.15) is 17.2 Å². The monoisotopic (exact) mass is 296 g/mol. The lowest BCUT2D eigenvalue weighted by Crippen LogP contribution is -2.04. The van der Waals surface area contributed by atoms with Crippen molar-refractivity contribution in [1.29, 1.82) is 0 Å². The van der Waals surface area contributed by atoms with Crippen LogP contribution in [0.15, 0.2) is 36.4 Å². The Morgan fingerprint density at radius 3 is 2.50 bits per heavy atom. The van der Waals surface area contributed by atoms with Crippen molar-refractivity contribution in [3.05, 3.63) is 58.4 Å². The molecule has 0 radical (unpaired) electrons. The molecular formula is C15H14ClFO3. The highest BCUT2D eigenvalue weighted by Crippen LogP contribution is 2.40. The van der Waals surface area contributed by atoms with Crippen LogP contribution in [-0.4, -0.2) is 19.3 Å². The quantitative estimate of drug-likeness (QED) is 0.937. The van der Waals surface area contributed by atoms with Gasteiger partial charge in [0, 0.05) is 5.56 Å². The SMILES string of the molecule is COc1ccc(C(O)c2cccc(F)c2)c(OC)c1Cl. The second-order valence-corrected chi connectivity index (χ2v) is 4.54. The molecule has 1 N–H and O–H groups in total. The summed E-state index contributed by atoms with van der Waals surface area (Å²) in [6, 6.07) is 9.01. The minimum absolute atomic E-state index is 0.267. The molecule has 0 saturated carbocycles. The summed E-state index contributed by atoms with van der Waals surface area (Å²) >= 11 is 6.14. The predicted octanol–water partition coefficient (Wildman–Crippen LogP) is 3.58. The zero-order valence-electron chi connectivity index (χ0n) is 11.1. The molecule has 2 aromatic rings. The van der Waals surface area contributed by atoms with Crippen LogP contribution in [0.25, 0.3) is 0 Å². The first-order valence-electron chi connectivity index (χ1n) is 5.92. The van der Waals surface area contributed by atoms with E-state index in [9.17, 15) is 9.50 Å². The first-order chi connectivity index (χ1) is 9.58. The van der Waals surface area contributed by atoms with Gasteiger partial charge in [0.1, 0.15) is 28.4 Å². The third-order valence-electron chi connectivity index (χ3n) is 2.98. The molecule has 0 amide bonds. The normalized spacial score (nSPS) is 12.1. The van der Waals surface area contributed by atoms with Gasteiger partial charge in [0.2, 0.25) is 0 Å². The van der Waals surface area contributed by atoms with Crippen molar-refractivity contribution in [3.63, 3.8) is 0 Å². The number of hydrogen-bond acceptors (Lipinski definition) is 3. The maximum absolute atomic E-state index is 13.2.